The summed E-state index contributed by atoms with van der Waals surface area (Å²) in [5.41, 5.74) is 0. The largest absolute Gasteiger partial charge is 0.317 e. The first-order valence-electron chi connectivity index (χ1n) is 2.98. The Morgan fingerprint density at radius 2 is 1.50 bits per heavy atom. The van der Waals surface area contributed by atoms with E-state index >= 15 is 0 Å². The molecule has 0 unspecified atom stereocenters. The van der Waals surface area contributed by atoms with E-state index in [1.54, 1.807) is 19.6 Å². The predicted octanol–water partition coefficient (Wildman–Crippen LogP) is 2.50. The van der Waals surface area contributed by atoms with Gasteiger partial charge in [0.2, 0.25) is 8.32 Å². The van der Waals surface area contributed by atoms with Crippen molar-refractivity contribution in [1.29, 1.82) is 0 Å². The minimum Gasteiger partial charge on any atom is -0.312 e. The highest BCUT2D eigenvalue weighted by Crippen LogP contribution is 2.35. The van der Waals surface area contributed by atoms with Crippen molar-refractivity contribution in [2.45, 2.75) is 22.8 Å². The van der Waals surface area contributed by atoms with Crippen LogP contribution in [0.1, 0.15) is 0 Å². The van der Waals surface area contributed by atoms with E-state index in [1.165, 1.54) is 0 Å². The molecule has 0 rings (SSSR count). The molecule has 0 aliphatic rings. The number of rotatable bonds is 2. The molecule has 3 nitrogen and oxygen atoms in total. The third kappa shape index (κ3) is 4.29. The number of halogens is 3. The zero-order valence-electron chi connectivity index (χ0n) is 6.77. The molecule has 0 saturated carbocycles. The third-order valence-corrected chi connectivity index (χ3v) is 5.79. The Labute approximate surface area is 88.2 Å². The van der Waals surface area contributed by atoms with Gasteiger partial charge in [0.1, 0.15) is 0 Å². The van der Waals surface area contributed by atoms with Crippen molar-refractivity contribution in [3.05, 3.63) is 0 Å². The third-order valence-electron chi connectivity index (χ3n) is 0.643. The lowest BCUT2D eigenvalue weighted by atomic mass is 11.8. The summed E-state index contributed by atoms with van der Waals surface area (Å²) in [6.45, 7) is 5.04. The van der Waals surface area contributed by atoms with Gasteiger partial charge in [-0.25, -0.2) is 0 Å². The topological polar surface area (TPSA) is 43.4 Å². The van der Waals surface area contributed by atoms with Gasteiger partial charge in [-0.05, 0) is 19.6 Å². The lowest BCUT2D eigenvalue weighted by molar-refractivity contribution is 0.486. The molecule has 0 radical (unpaired) electrons. The van der Waals surface area contributed by atoms with Crippen LogP contribution in [0, 0.1) is 0 Å². The van der Waals surface area contributed by atoms with Gasteiger partial charge in [0, 0.05) is 0 Å². The van der Waals surface area contributed by atoms with Crippen molar-refractivity contribution in [3.8, 4) is 0 Å². The second-order valence-corrected chi connectivity index (χ2v) is 12.5. The highest BCUT2D eigenvalue weighted by atomic mass is 35.6. The molecule has 0 N–H and O–H groups in total. The van der Waals surface area contributed by atoms with Gasteiger partial charge in [0.05, 0.1) is 0 Å². The summed E-state index contributed by atoms with van der Waals surface area (Å²) in [4.78, 5) is 0. The Morgan fingerprint density at radius 3 is 1.58 bits per heavy atom. The van der Waals surface area contributed by atoms with E-state index in [1.807, 2.05) is 0 Å². The van der Waals surface area contributed by atoms with E-state index < -0.39 is 21.6 Å². The number of hydrogen-bond donors (Lipinski definition) is 0. The lowest BCUT2D eigenvalue weighted by Crippen LogP contribution is -2.35. The first-order valence-corrected chi connectivity index (χ1v) is 8.93. The van der Waals surface area contributed by atoms with Crippen molar-refractivity contribution in [3.63, 3.8) is 0 Å². The average molecular weight is 272 g/mol. The molecule has 74 valence electrons. The van der Waals surface area contributed by atoms with Crippen LogP contribution >= 0.6 is 34.8 Å². The van der Waals surface area contributed by atoms with Crippen LogP contribution in [0.4, 0.5) is 0 Å². The molecule has 0 bridgehead atoms. The van der Waals surface area contributed by atoms with Crippen LogP contribution < -0.4 is 0 Å². The molecule has 8 heteroatoms. The predicted molar refractivity (Wildman–Crippen MR) is 53.6 cm³/mol. The zero-order valence-corrected chi connectivity index (χ0v) is 10.9. The maximum atomic E-state index is 11.1. The summed E-state index contributed by atoms with van der Waals surface area (Å²) < 4.78 is 24.5. The summed E-state index contributed by atoms with van der Waals surface area (Å²) in [5.74, 6) is 0. The van der Waals surface area contributed by atoms with Crippen LogP contribution in [0.2, 0.25) is 19.6 Å². The van der Waals surface area contributed by atoms with Crippen LogP contribution in [0.25, 0.3) is 0 Å². The lowest BCUT2D eigenvalue weighted by Gasteiger charge is -2.20. The summed E-state index contributed by atoms with van der Waals surface area (Å²) in [7, 11) is -6.34. The van der Waals surface area contributed by atoms with Gasteiger partial charge >= 0.3 is 13.2 Å². The van der Waals surface area contributed by atoms with Crippen LogP contribution in [0.3, 0.4) is 0 Å². The number of alkyl halides is 3. The molecule has 0 aromatic heterocycles. The molecule has 0 saturated heterocycles. The van der Waals surface area contributed by atoms with Gasteiger partial charge in [-0.15, -0.1) is 0 Å². The molecular formula is C4H9Cl3O3SSi. The van der Waals surface area contributed by atoms with Crippen molar-refractivity contribution in [2.75, 3.05) is 0 Å². The van der Waals surface area contributed by atoms with E-state index in [-0.39, 0.29) is 0 Å². The highest BCUT2D eigenvalue weighted by molar-refractivity contribution is 7.93. The maximum absolute atomic E-state index is 11.1. The maximum Gasteiger partial charge on any atom is 0.317 e. The minimum atomic E-state index is -4.10. The first kappa shape index (κ1) is 13.0. The van der Waals surface area contributed by atoms with E-state index in [9.17, 15) is 8.42 Å². The SMILES string of the molecule is C[Si](C)(C)OS(=O)(=O)C(Cl)(Cl)Cl. The highest BCUT2D eigenvalue weighted by Gasteiger charge is 2.42. The fourth-order valence-corrected chi connectivity index (χ4v) is 4.24. The van der Waals surface area contributed by atoms with Gasteiger partial charge < -0.3 is 3.87 Å². The minimum absolute atomic E-state index is 1.68. The number of hydrogen-bond acceptors (Lipinski definition) is 3. The molecule has 0 amide bonds. The van der Waals surface area contributed by atoms with Gasteiger partial charge in [0.15, 0.2) is 0 Å². The normalized spacial score (nSPS) is 14.8. The second-order valence-electron chi connectivity index (χ2n) is 3.10. The molecule has 0 fully saturated rings. The standard InChI is InChI=1S/C4H9Cl3O3SSi/c1-12(2,3)10-11(8,9)4(5,6)7/h1-3H3. The van der Waals surface area contributed by atoms with E-state index in [4.69, 9.17) is 38.7 Å². The Bertz CT molecular complexity index is 250. The summed E-state index contributed by atoms with van der Waals surface area (Å²) in [5, 5.41) is 0. The Balaban J connectivity index is 4.70. The first-order chi connectivity index (χ1) is 4.96. The Hall–Kier alpha value is 0.997. The Morgan fingerprint density at radius 1 is 1.17 bits per heavy atom. The van der Waals surface area contributed by atoms with E-state index in [0.29, 0.717) is 0 Å². The second kappa shape index (κ2) is 3.63. The molecule has 0 aromatic carbocycles. The summed E-state index contributed by atoms with van der Waals surface area (Å²) >= 11 is 15.5. The van der Waals surface area contributed by atoms with Crippen LogP contribution in [0.15, 0.2) is 0 Å². The molecule has 0 heterocycles. The van der Waals surface area contributed by atoms with Gasteiger partial charge in [0.25, 0.3) is 0 Å². The molecule has 0 atom stereocenters. The van der Waals surface area contributed by atoms with E-state index in [2.05, 4.69) is 0 Å². The van der Waals surface area contributed by atoms with Crippen molar-refractivity contribution in [2.24, 2.45) is 0 Å². The summed E-state index contributed by atoms with van der Waals surface area (Å²) in [6, 6.07) is 0. The van der Waals surface area contributed by atoms with Crippen molar-refractivity contribution < 1.29 is 12.3 Å². The molecule has 0 aliphatic heterocycles. The van der Waals surface area contributed by atoms with Crippen LogP contribution in [-0.4, -0.2) is 19.9 Å². The van der Waals surface area contributed by atoms with Gasteiger partial charge in [-0.1, -0.05) is 34.8 Å². The average Bonchev–Trinajstić information content (AvgIpc) is 1.52. The van der Waals surface area contributed by atoms with Crippen LogP contribution in [0.5, 0.6) is 0 Å². The monoisotopic (exact) mass is 270 g/mol. The van der Waals surface area contributed by atoms with Crippen LogP contribution in [-0.2, 0) is 14.0 Å². The van der Waals surface area contributed by atoms with Crippen molar-refractivity contribution in [1.82, 2.24) is 0 Å². The fraction of sp³-hybridized carbons (Fsp3) is 1.00. The molecule has 0 spiro atoms. The Kier molecular flexibility index (Phi) is 3.93. The quantitative estimate of drug-likeness (QED) is 0.572. The molecular weight excluding hydrogens is 263 g/mol. The molecule has 0 aliphatic carbocycles. The van der Waals surface area contributed by atoms with E-state index in [0.717, 1.165) is 0 Å². The zero-order chi connectivity index (χ0) is 10.2. The van der Waals surface area contributed by atoms with Crippen molar-refractivity contribution >= 4 is 53.2 Å². The molecule has 0 aromatic rings. The smallest absolute Gasteiger partial charge is 0.312 e. The molecule has 12 heavy (non-hydrogen) atoms. The van der Waals surface area contributed by atoms with Gasteiger partial charge in [-0.3, -0.25) is 0 Å². The van der Waals surface area contributed by atoms with Gasteiger partial charge in [-0.2, -0.15) is 8.42 Å². The summed E-state index contributed by atoms with van der Waals surface area (Å²) in [6.07, 6.45) is 0. The fourth-order valence-electron chi connectivity index (χ4n) is 0.376.